The molecule has 0 unspecified atom stereocenters. The molecule has 90 valence electrons. The van der Waals surface area contributed by atoms with E-state index >= 15 is 0 Å². The molecule has 2 aromatic heterocycles. The Morgan fingerprint density at radius 2 is 2.17 bits per heavy atom. The van der Waals surface area contributed by atoms with Gasteiger partial charge < -0.3 is 10.1 Å². The van der Waals surface area contributed by atoms with Gasteiger partial charge in [0.25, 0.3) is 0 Å². The molecule has 0 atom stereocenters. The van der Waals surface area contributed by atoms with Crippen molar-refractivity contribution in [3.8, 4) is 27.7 Å². The van der Waals surface area contributed by atoms with Crippen LogP contribution in [0.15, 0.2) is 41.9 Å². The van der Waals surface area contributed by atoms with Crippen molar-refractivity contribution < 1.29 is 5.11 Å². The number of aryl methyl sites for hydroxylation is 1. The van der Waals surface area contributed by atoms with Gasteiger partial charge in [-0.05, 0) is 42.1 Å². The summed E-state index contributed by atoms with van der Waals surface area (Å²) in [7, 11) is 0. The fourth-order valence-corrected chi connectivity index (χ4v) is 2.51. The maximum atomic E-state index is 9.52. The van der Waals surface area contributed by atoms with E-state index in [0.29, 0.717) is 5.75 Å². The molecule has 3 aromatic rings. The van der Waals surface area contributed by atoms with Crippen molar-refractivity contribution in [2.24, 2.45) is 0 Å². The first-order valence-corrected chi connectivity index (χ1v) is 6.51. The summed E-state index contributed by atoms with van der Waals surface area (Å²) in [5, 5.41) is 11.6. The lowest BCUT2D eigenvalue weighted by Crippen LogP contribution is -1.82. The van der Waals surface area contributed by atoms with Gasteiger partial charge in [-0.1, -0.05) is 6.07 Å². The van der Waals surface area contributed by atoms with E-state index in [1.165, 1.54) is 0 Å². The molecule has 1 aromatic carbocycles. The van der Waals surface area contributed by atoms with E-state index in [9.17, 15) is 5.11 Å². The van der Waals surface area contributed by atoms with Crippen molar-refractivity contribution in [2.75, 3.05) is 0 Å². The quantitative estimate of drug-likeness (QED) is 0.732. The Kier molecular flexibility index (Phi) is 2.64. The zero-order chi connectivity index (χ0) is 12.5. The molecule has 0 amide bonds. The summed E-state index contributed by atoms with van der Waals surface area (Å²) in [6, 6.07) is 9.54. The van der Waals surface area contributed by atoms with Crippen LogP contribution >= 0.6 is 11.3 Å². The summed E-state index contributed by atoms with van der Waals surface area (Å²) < 4.78 is 0. The third-order valence-corrected chi connectivity index (χ3v) is 3.71. The average molecular weight is 256 g/mol. The summed E-state index contributed by atoms with van der Waals surface area (Å²) in [5.41, 5.74) is 2.78. The highest BCUT2D eigenvalue weighted by Crippen LogP contribution is 2.27. The van der Waals surface area contributed by atoms with Gasteiger partial charge in [0.05, 0.1) is 10.6 Å². The Bertz CT molecular complexity index is 671. The number of phenols is 1. The zero-order valence-electron chi connectivity index (χ0n) is 9.84. The number of thiophene rings is 1. The number of hydrogen-bond acceptors (Lipinski definition) is 3. The van der Waals surface area contributed by atoms with Gasteiger partial charge in [-0.3, -0.25) is 0 Å². The van der Waals surface area contributed by atoms with Crippen molar-refractivity contribution in [1.29, 1.82) is 0 Å². The summed E-state index contributed by atoms with van der Waals surface area (Å²) in [6.45, 7) is 1.88. The second kappa shape index (κ2) is 4.31. The van der Waals surface area contributed by atoms with Gasteiger partial charge in [0.1, 0.15) is 11.6 Å². The van der Waals surface area contributed by atoms with Gasteiger partial charge in [-0.15, -0.1) is 11.3 Å². The number of H-pyrrole nitrogens is 1. The van der Waals surface area contributed by atoms with Gasteiger partial charge in [-0.2, -0.15) is 0 Å². The van der Waals surface area contributed by atoms with Crippen LogP contribution in [0.3, 0.4) is 0 Å². The Labute approximate surface area is 109 Å². The first kappa shape index (κ1) is 11.0. The van der Waals surface area contributed by atoms with E-state index in [1.54, 1.807) is 17.4 Å². The Morgan fingerprint density at radius 1 is 1.28 bits per heavy atom. The van der Waals surface area contributed by atoms with E-state index in [2.05, 4.69) is 9.97 Å². The van der Waals surface area contributed by atoms with E-state index < -0.39 is 0 Å². The van der Waals surface area contributed by atoms with Crippen LogP contribution in [0.2, 0.25) is 0 Å². The molecule has 0 fully saturated rings. The van der Waals surface area contributed by atoms with Crippen molar-refractivity contribution in [3.63, 3.8) is 0 Å². The van der Waals surface area contributed by atoms with Crippen LogP contribution in [-0.4, -0.2) is 15.1 Å². The Hall–Kier alpha value is -2.07. The molecular weight excluding hydrogens is 244 g/mol. The number of aromatic amines is 1. The molecule has 2 heterocycles. The van der Waals surface area contributed by atoms with Crippen LogP contribution in [0.1, 0.15) is 5.56 Å². The largest absolute Gasteiger partial charge is 0.508 e. The van der Waals surface area contributed by atoms with Crippen molar-refractivity contribution >= 4 is 11.3 Å². The van der Waals surface area contributed by atoms with E-state index in [0.717, 1.165) is 27.5 Å². The number of aromatic hydroxyl groups is 1. The summed E-state index contributed by atoms with van der Waals surface area (Å²) in [4.78, 5) is 8.88. The van der Waals surface area contributed by atoms with Crippen LogP contribution in [0.4, 0.5) is 0 Å². The fraction of sp³-hybridized carbons (Fsp3) is 0.0714. The van der Waals surface area contributed by atoms with Gasteiger partial charge in [0, 0.05) is 11.8 Å². The van der Waals surface area contributed by atoms with Crippen molar-refractivity contribution in [2.45, 2.75) is 6.92 Å². The SMILES string of the molecule is Cc1cc(-c2nc(-c3cccs3)c[nH]2)ccc1O. The molecular formula is C14H12N2OS. The summed E-state index contributed by atoms with van der Waals surface area (Å²) in [6.07, 6.45) is 1.91. The molecule has 0 radical (unpaired) electrons. The summed E-state index contributed by atoms with van der Waals surface area (Å²) >= 11 is 1.67. The normalized spacial score (nSPS) is 10.7. The zero-order valence-corrected chi connectivity index (χ0v) is 10.7. The lowest BCUT2D eigenvalue weighted by atomic mass is 10.1. The highest BCUT2D eigenvalue weighted by Gasteiger charge is 2.07. The van der Waals surface area contributed by atoms with Crippen molar-refractivity contribution in [3.05, 3.63) is 47.5 Å². The number of imidazole rings is 1. The maximum Gasteiger partial charge on any atom is 0.138 e. The first-order valence-electron chi connectivity index (χ1n) is 5.63. The molecule has 2 N–H and O–H groups in total. The highest BCUT2D eigenvalue weighted by molar-refractivity contribution is 7.13. The van der Waals surface area contributed by atoms with Gasteiger partial charge in [0.2, 0.25) is 0 Å². The van der Waals surface area contributed by atoms with E-state index in [-0.39, 0.29) is 0 Å². The second-order valence-corrected chi connectivity index (χ2v) is 5.06. The number of phenolic OH excluding ortho intramolecular Hbond substituents is 1. The number of aromatic nitrogens is 2. The van der Waals surface area contributed by atoms with Gasteiger partial charge in [0.15, 0.2) is 0 Å². The minimum Gasteiger partial charge on any atom is -0.508 e. The van der Waals surface area contributed by atoms with Gasteiger partial charge >= 0.3 is 0 Å². The summed E-state index contributed by atoms with van der Waals surface area (Å²) in [5.74, 6) is 1.13. The van der Waals surface area contributed by atoms with Crippen LogP contribution in [0.25, 0.3) is 22.0 Å². The van der Waals surface area contributed by atoms with Crippen LogP contribution in [0.5, 0.6) is 5.75 Å². The van der Waals surface area contributed by atoms with Gasteiger partial charge in [-0.25, -0.2) is 4.98 Å². The Balaban J connectivity index is 2.00. The molecule has 0 saturated heterocycles. The second-order valence-electron chi connectivity index (χ2n) is 4.11. The number of rotatable bonds is 2. The van der Waals surface area contributed by atoms with Crippen molar-refractivity contribution in [1.82, 2.24) is 9.97 Å². The molecule has 0 aliphatic rings. The lowest BCUT2D eigenvalue weighted by Gasteiger charge is -2.01. The van der Waals surface area contributed by atoms with Crippen LogP contribution < -0.4 is 0 Å². The first-order chi connectivity index (χ1) is 8.74. The molecule has 18 heavy (non-hydrogen) atoms. The Morgan fingerprint density at radius 3 is 2.89 bits per heavy atom. The third kappa shape index (κ3) is 1.91. The van der Waals surface area contributed by atoms with E-state index in [4.69, 9.17) is 0 Å². The third-order valence-electron chi connectivity index (χ3n) is 2.82. The molecule has 0 spiro atoms. The minimum absolute atomic E-state index is 0.309. The molecule has 3 nitrogen and oxygen atoms in total. The molecule has 0 aliphatic heterocycles. The molecule has 0 bridgehead atoms. The molecule has 0 saturated carbocycles. The predicted molar refractivity (Wildman–Crippen MR) is 73.7 cm³/mol. The van der Waals surface area contributed by atoms with E-state index in [1.807, 2.05) is 42.8 Å². The molecule has 3 rings (SSSR count). The lowest BCUT2D eigenvalue weighted by molar-refractivity contribution is 0.471. The predicted octanol–water partition coefficient (Wildman–Crippen LogP) is 3.82. The number of hydrogen-bond donors (Lipinski definition) is 2. The number of benzene rings is 1. The number of nitrogens with one attached hydrogen (secondary N) is 1. The topological polar surface area (TPSA) is 48.9 Å². The van der Waals surface area contributed by atoms with Crippen LogP contribution in [0, 0.1) is 6.92 Å². The molecule has 0 aliphatic carbocycles. The fourth-order valence-electron chi connectivity index (χ4n) is 1.82. The smallest absolute Gasteiger partial charge is 0.138 e. The van der Waals surface area contributed by atoms with Crippen LogP contribution in [-0.2, 0) is 0 Å². The number of nitrogens with zero attached hydrogens (tertiary/aromatic N) is 1. The monoisotopic (exact) mass is 256 g/mol. The highest BCUT2D eigenvalue weighted by atomic mass is 32.1. The molecule has 4 heteroatoms. The minimum atomic E-state index is 0.309. The average Bonchev–Trinajstić information content (AvgIpc) is 3.01. The standard InChI is InChI=1S/C14H12N2OS/c1-9-7-10(4-5-12(9)17)14-15-8-11(16-14)13-3-2-6-18-13/h2-8,17H,1H3,(H,15,16). The maximum absolute atomic E-state index is 9.52.